The molecule has 0 fully saturated rings. The minimum atomic E-state index is 1.02. The molecule has 5 heterocycles. The van der Waals surface area contributed by atoms with E-state index in [-0.39, 0.29) is 0 Å². The monoisotopic (exact) mass is 1910 g/mol. The van der Waals surface area contributed by atoms with Crippen molar-refractivity contribution in [2.24, 2.45) is 0 Å². The van der Waals surface area contributed by atoms with Crippen molar-refractivity contribution in [3.63, 3.8) is 0 Å². The molecule has 0 saturated heterocycles. The lowest BCUT2D eigenvalue weighted by atomic mass is 9.81. The van der Waals surface area contributed by atoms with Crippen LogP contribution in [0, 0.1) is 0 Å². The van der Waals surface area contributed by atoms with Gasteiger partial charge in [0.2, 0.25) is 0 Å². The van der Waals surface area contributed by atoms with E-state index in [0.717, 1.165) is 61.0 Å². The largest absolute Gasteiger partial charge is 0.264 e. The molecule has 5 heteroatoms. The lowest BCUT2D eigenvalue weighted by Gasteiger charge is -2.22. The molecule has 150 heavy (non-hydrogen) atoms. The van der Waals surface area contributed by atoms with E-state index in [1.807, 2.05) is 86.1 Å². The zero-order valence-corrected chi connectivity index (χ0v) is 82.1. The minimum Gasteiger partial charge on any atom is -0.264 e. The summed E-state index contributed by atoms with van der Waals surface area (Å²) < 4.78 is 0. The highest BCUT2D eigenvalue weighted by molar-refractivity contribution is 6.33. The Kier molecular flexibility index (Phi) is 24.1. The molecule has 0 amide bonds. The van der Waals surface area contributed by atoms with Gasteiger partial charge < -0.3 is 0 Å². The van der Waals surface area contributed by atoms with Gasteiger partial charge in [0.05, 0.1) is 5.52 Å². The van der Waals surface area contributed by atoms with Crippen LogP contribution < -0.4 is 0 Å². The van der Waals surface area contributed by atoms with Crippen molar-refractivity contribution in [2.45, 2.75) is 0 Å². The van der Waals surface area contributed by atoms with Gasteiger partial charge >= 0.3 is 0 Å². The molecule has 0 unspecified atom stereocenters. The number of hydrogen-bond donors (Lipinski definition) is 0. The SMILES string of the molecule is c1ccc(-c2cc(-c3ccccc3)cc(-c3cc(-c4cccnc4)c4ccc5c(-c6cc(-c7ccccc7)cc(-c7ccccc7)c6)cc(-c6cccnc6)c6ccc3c4c65)c2)cc1.c1ccc(-c2ccc(-c3c4ccc(-c5cccnc5)cc4c(-c4ccc(-c5ccccc5)cc4)c4cc(-c5cccnc5)ccc34)cc2)cc1.c1ccc(-c2ccc(-c3c4ccccc4c(-c4cnc5ccccc5c4)c4ccccc34)cc2)cc1. The van der Waals surface area contributed by atoms with Crippen molar-refractivity contribution < 1.29 is 0 Å². The fourth-order valence-corrected chi connectivity index (χ4v) is 22.4. The van der Waals surface area contributed by atoms with Crippen molar-refractivity contribution in [1.29, 1.82) is 0 Å². The second-order valence-electron chi connectivity index (χ2n) is 38.4. The van der Waals surface area contributed by atoms with E-state index in [1.165, 1.54) is 214 Å². The zero-order valence-electron chi connectivity index (χ0n) is 82.1. The van der Waals surface area contributed by atoms with Crippen molar-refractivity contribution >= 4 is 86.3 Å². The molecule has 0 bridgehead atoms. The molecule has 0 aliphatic heterocycles. The molecule has 0 N–H and O–H groups in total. The predicted molar refractivity (Wildman–Crippen MR) is 632 cm³/mol. The van der Waals surface area contributed by atoms with Crippen LogP contribution in [0.4, 0.5) is 0 Å². The summed E-state index contributed by atoms with van der Waals surface area (Å²) >= 11 is 0. The summed E-state index contributed by atoms with van der Waals surface area (Å²) in [4.78, 5) is 23.0. The summed E-state index contributed by atoms with van der Waals surface area (Å²) in [5.41, 5.74) is 41.1. The van der Waals surface area contributed by atoms with E-state index in [4.69, 9.17) is 4.98 Å². The van der Waals surface area contributed by atoms with Gasteiger partial charge in [0, 0.05) is 89.0 Å². The Morgan fingerprint density at radius 2 is 0.340 bits per heavy atom. The second kappa shape index (κ2) is 40.0. The van der Waals surface area contributed by atoms with Gasteiger partial charge in [-0.2, -0.15) is 0 Å². The standard InChI is InChI=1S/C62H40N2.C48H32N2.C35H23N/c1-5-15-41(16-6-1)47-31-48(42-17-7-2-8-18-42)34-51(33-47)59-37-57(45-23-13-29-63-39-45)53-26-28-56-60(38-58(46-24-14-30-64-40-46)54-25-27-55(59)61(53)62(54)56)52-35-49(43-19-9-3-10-20-43)32-50(36-52)44-21-11-4-12-22-44;1-3-9-33(10-4-1)35-15-19-37(20-16-35)47-43-25-23-39(41-13-7-27-49-31-41)29-45(43)48(38-21-17-36(18-22-38)34-11-5-2-6-12-34)46-30-40(24-26-44(46)47)42-14-8-28-50-32-42;1-2-10-24(11-3-1)25-18-20-26(21-19-25)34-29-13-5-7-15-31(29)35(32-16-8-6-14-30(32)34)28-22-27-12-4-9-17-33(27)36-23-28/h1-40H;1-32H;1-23H. The third-order valence-corrected chi connectivity index (χ3v) is 29.5. The van der Waals surface area contributed by atoms with Crippen LogP contribution in [0.5, 0.6) is 0 Å². The smallest absolute Gasteiger partial charge is 0.0702 e. The van der Waals surface area contributed by atoms with Gasteiger partial charge in [0.1, 0.15) is 0 Å². The van der Waals surface area contributed by atoms with Gasteiger partial charge in [-0.05, 0) is 334 Å². The molecule has 700 valence electrons. The minimum absolute atomic E-state index is 1.02. The summed E-state index contributed by atoms with van der Waals surface area (Å²) in [7, 11) is 0. The van der Waals surface area contributed by atoms with Crippen LogP contribution in [0.1, 0.15) is 0 Å². The van der Waals surface area contributed by atoms with Gasteiger partial charge in [0.25, 0.3) is 0 Å². The Balaban J connectivity index is 0.000000118. The number of para-hydroxylation sites is 1. The highest BCUT2D eigenvalue weighted by Gasteiger charge is 2.27. The molecule has 0 atom stereocenters. The molecule has 0 spiro atoms. The highest BCUT2D eigenvalue weighted by Crippen LogP contribution is 2.53. The first-order chi connectivity index (χ1) is 74.4. The molecule has 23 aromatic carbocycles. The van der Waals surface area contributed by atoms with Crippen molar-refractivity contribution in [1.82, 2.24) is 24.9 Å². The van der Waals surface area contributed by atoms with Gasteiger partial charge in [-0.1, -0.05) is 425 Å². The van der Waals surface area contributed by atoms with Gasteiger partial charge in [0.15, 0.2) is 0 Å². The Hall–Kier alpha value is -19.9. The summed E-state index contributed by atoms with van der Waals surface area (Å²) in [6.07, 6.45) is 17.3. The molecule has 0 saturated carbocycles. The third-order valence-electron chi connectivity index (χ3n) is 29.5. The lowest BCUT2D eigenvalue weighted by Crippen LogP contribution is -1.95. The van der Waals surface area contributed by atoms with Crippen LogP contribution in [-0.4, -0.2) is 24.9 Å². The fraction of sp³-hybridized carbons (Fsp3) is 0. The van der Waals surface area contributed by atoms with E-state index < -0.39 is 0 Å². The first-order valence-electron chi connectivity index (χ1n) is 51.1. The van der Waals surface area contributed by atoms with Crippen LogP contribution in [0.25, 0.3) is 275 Å². The number of benzene rings is 23. The Labute approximate surface area is 871 Å². The van der Waals surface area contributed by atoms with E-state index in [2.05, 4.69) is 511 Å². The average molecular weight is 1910 g/mol. The molecule has 0 aliphatic carbocycles. The molecule has 5 aromatic heterocycles. The summed E-state index contributed by atoms with van der Waals surface area (Å²) in [5, 5.41) is 18.3. The lowest BCUT2D eigenvalue weighted by molar-refractivity contribution is 1.33. The highest BCUT2D eigenvalue weighted by atomic mass is 14.7. The van der Waals surface area contributed by atoms with Gasteiger partial charge in [-0.25, -0.2) is 0 Å². The van der Waals surface area contributed by atoms with Crippen LogP contribution >= 0.6 is 0 Å². The maximum atomic E-state index is 4.79. The Bertz CT molecular complexity index is 9300. The normalized spacial score (nSPS) is 11.3. The number of aromatic nitrogens is 5. The molecular weight excluding hydrogens is 1810 g/mol. The number of pyridine rings is 5. The van der Waals surface area contributed by atoms with E-state index >= 15 is 0 Å². The van der Waals surface area contributed by atoms with Gasteiger partial charge in [-0.15, -0.1) is 0 Å². The predicted octanol–water partition coefficient (Wildman–Crippen LogP) is 39.0. The fourth-order valence-electron chi connectivity index (χ4n) is 22.4. The molecule has 5 nitrogen and oxygen atoms in total. The van der Waals surface area contributed by atoms with Crippen LogP contribution in [0.3, 0.4) is 0 Å². The first kappa shape index (κ1) is 90.2. The average Bonchev–Trinajstić information content (AvgIpc) is 0.704. The molecular formula is C145H95N5. The summed E-state index contributed by atoms with van der Waals surface area (Å²) in [6, 6.07) is 189. The number of fused-ring (bicyclic) bond motifs is 5. The molecule has 0 radical (unpaired) electrons. The van der Waals surface area contributed by atoms with Crippen LogP contribution in [-0.2, 0) is 0 Å². The first-order valence-corrected chi connectivity index (χ1v) is 51.1. The molecule has 28 aromatic rings. The Morgan fingerprint density at radius 3 is 0.653 bits per heavy atom. The van der Waals surface area contributed by atoms with E-state index in [0.29, 0.717) is 0 Å². The third kappa shape index (κ3) is 17.5. The van der Waals surface area contributed by atoms with E-state index in [9.17, 15) is 0 Å². The topological polar surface area (TPSA) is 64.5 Å². The van der Waals surface area contributed by atoms with Crippen molar-refractivity contribution in [3.05, 3.63) is 577 Å². The Morgan fingerprint density at radius 1 is 0.113 bits per heavy atom. The second-order valence-corrected chi connectivity index (χ2v) is 38.4. The zero-order chi connectivity index (χ0) is 99.6. The van der Waals surface area contributed by atoms with Gasteiger partial charge in [-0.3, -0.25) is 24.9 Å². The van der Waals surface area contributed by atoms with Crippen molar-refractivity contribution in [2.75, 3.05) is 0 Å². The molecule has 28 rings (SSSR count). The number of nitrogens with zero attached hydrogens (tertiary/aromatic N) is 5. The van der Waals surface area contributed by atoms with E-state index in [1.54, 1.807) is 0 Å². The molecule has 0 aliphatic rings. The number of hydrogen-bond acceptors (Lipinski definition) is 5. The van der Waals surface area contributed by atoms with Crippen LogP contribution in [0.2, 0.25) is 0 Å². The number of rotatable bonds is 17. The quantitative estimate of drug-likeness (QED) is 0.0671. The van der Waals surface area contributed by atoms with Crippen molar-refractivity contribution in [3.8, 4) is 189 Å². The van der Waals surface area contributed by atoms with Crippen LogP contribution in [0.15, 0.2) is 577 Å². The summed E-state index contributed by atoms with van der Waals surface area (Å²) in [5.74, 6) is 0. The maximum Gasteiger partial charge on any atom is 0.0702 e. The summed E-state index contributed by atoms with van der Waals surface area (Å²) in [6.45, 7) is 0. The maximum absolute atomic E-state index is 4.79.